The van der Waals surface area contributed by atoms with Gasteiger partial charge in [-0.25, -0.2) is 13.4 Å². The van der Waals surface area contributed by atoms with Crippen molar-refractivity contribution in [2.24, 2.45) is 0 Å². The zero-order valence-electron chi connectivity index (χ0n) is 12.4. The SMILES string of the molecule is CN(C)NC(=O)c1cc(S(=O)(=O)N2CCOCC2)ccc1Cl. The summed E-state index contributed by atoms with van der Waals surface area (Å²) in [6.45, 7) is 1.32. The van der Waals surface area contributed by atoms with E-state index in [0.717, 1.165) is 0 Å². The molecule has 1 fully saturated rings. The maximum absolute atomic E-state index is 12.6. The topological polar surface area (TPSA) is 79.0 Å². The molecule has 1 saturated heterocycles. The first-order chi connectivity index (χ1) is 10.3. The molecule has 0 aromatic heterocycles. The van der Waals surface area contributed by atoms with E-state index >= 15 is 0 Å². The summed E-state index contributed by atoms with van der Waals surface area (Å²) < 4.78 is 31.7. The lowest BCUT2D eigenvalue weighted by atomic mass is 10.2. The van der Waals surface area contributed by atoms with Crippen LogP contribution in [0.15, 0.2) is 23.1 Å². The number of carbonyl (C=O) groups is 1. The van der Waals surface area contributed by atoms with Gasteiger partial charge in [0.1, 0.15) is 0 Å². The number of nitrogens with zero attached hydrogens (tertiary/aromatic N) is 2. The summed E-state index contributed by atoms with van der Waals surface area (Å²) in [6.07, 6.45) is 0. The largest absolute Gasteiger partial charge is 0.379 e. The van der Waals surface area contributed by atoms with Crippen molar-refractivity contribution in [2.45, 2.75) is 4.90 Å². The van der Waals surface area contributed by atoms with Gasteiger partial charge in [-0.2, -0.15) is 4.31 Å². The molecule has 0 unspecified atom stereocenters. The Kier molecular flexibility index (Phi) is 5.41. The third-order valence-corrected chi connectivity index (χ3v) is 5.34. The van der Waals surface area contributed by atoms with Gasteiger partial charge in [0, 0.05) is 27.2 Å². The standard InChI is InChI=1S/C13H18ClN3O4S/c1-16(2)15-13(18)11-9-10(3-4-12(11)14)22(19,20)17-5-7-21-8-6-17/h3-4,9H,5-8H2,1-2H3,(H,15,18). The fraction of sp³-hybridized carbons (Fsp3) is 0.462. The molecule has 0 radical (unpaired) electrons. The van der Waals surface area contributed by atoms with Crippen LogP contribution >= 0.6 is 11.6 Å². The first kappa shape index (κ1) is 17.2. The number of amides is 1. The monoisotopic (exact) mass is 347 g/mol. The minimum Gasteiger partial charge on any atom is -0.379 e. The van der Waals surface area contributed by atoms with Crippen molar-refractivity contribution in [3.8, 4) is 0 Å². The van der Waals surface area contributed by atoms with Gasteiger partial charge in [-0.05, 0) is 18.2 Å². The van der Waals surface area contributed by atoms with E-state index in [1.54, 1.807) is 14.1 Å². The number of hydrogen-bond donors (Lipinski definition) is 1. The van der Waals surface area contributed by atoms with Crippen molar-refractivity contribution in [3.63, 3.8) is 0 Å². The molecule has 7 nitrogen and oxygen atoms in total. The number of sulfonamides is 1. The van der Waals surface area contributed by atoms with Crippen molar-refractivity contribution < 1.29 is 17.9 Å². The van der Waals surface area contributed by atoms with E-state index in [1.165, 1.54) is 27.5 Å². The molecule has 0 bridgehead atoms. The van der Waals surface area contributed by atoms with Gasteiger partial charge >= 0.3 is 0 Å². The normalized spacial score (nSPS) is 16.7. The molecule has 0 aliphatic carbocycles. The minimum atomic E-state index is -3.66. The highest BCUT2D eigenvalue weighted by atomic mass is 35.5. The van der Waals surface area contributed by atoms with E-state index in [9.17, 15) is 13.2 Å². The summed E-state index contributed by atoms with van der Waals surface area (Å²) >= 11 is 6.00. The zero-order chi connectivity index (χ0) is 16.3. The maximum atomic E-state index is 12.6. The molecule has 22 heavy (non-hydrogen) atoms. The van der Waals surface area contributed by atoms with Crippen LogP contribution in [-0.2, 0) is 14.8 Å². The second-order valence-corrected chi connectivity index (χ2v) is 7.34. The summed E-state index contributed by atoms with van der Waals surface area (Å²) in [7, 11) is -0.356. The van der Waals surface area contributed by atoms with E-state index < -0.39 is 15.9 Å². The van der Waals surface area contributed by atoms with Crippen molar-refractivity contribution >= 4 is 27.5 Å². The second-order valence-electron chi connectivity index (χ2n) is 4.99. The van der Waals surface area contributed by atoms with Gasteiger partial charge in [0.25, 0.3) is 5.91 Å². The van der Waals surface area contributed by atoms with Gasteiger partial charge in [-0.3, -0.25) is 10.2 Å². The van der Waals surface area contributed by atoms with E-state index in [1.807, 2.05) is 0 Å². The Morgan fingerprint density at radius 2 is 1.95 bits per heavy atom. The molecule has 0 saturated carbocycles. The highest BCUT2D eigenvalue weighted by Gasteiger charge is 2.27. The van der Waals surface area contributed by atoms with Crippen molar-refractivity contribution in [3.05, 3.63) is 28.8 Å². The number of rotatable bonds is 4. The highest BCUT2D eigenvalue weighted by molar-refractivity contribution is 7.89. The van der Waals surface area contributed by atoms with Gasteiger partial charge < -0.3 is 4.74 Å². The van der Waals surface area contributed by atoms with Gasteiger partial charge in [0.05, 0.1) is 28.7 Å². The molecule has 9 heteroatoms. The maximum Gasteiger partial charge on any atom is 0.267 e. The van der Waals surface area contributed by atoms with Crippen LogP contribution in [0.3, 0.4) is 0 Å². The summed E-state index contributed by atoms with van der Waals surface area (Å²) in [5.41, 5.74) is 2.66. The zero-order valence-corrected chi connectivity index (χ0v) is 13.9. The smallest absolute Gasteiger partial charge is 0.267 e. The number of halogens is 1. The van der Waals surface area contributed by atoms with E-state index in [-0.39, 0.29) is 15.5 Å². The van der Waals surface area contributed by atoms with Crippen LogP contribution < -0.4 is 5.43 Å². The van der Waals surface area contributed by atoms with Crippen LogP contribution in [0, 0.1) is 0 Å². The molecular weight excluding hydrogens is 330 g/mol. The number of hydrazine groups is 1. The van der Waals surface area contributed by atoms with Crippen LogP contribution in [0.1, 0.15) is 10.4 Å². The highest BCUT2D eigenvalue weighted by Crippen LogP contribution is 2.23. The average Bonchev–Trinajstić information content (AvgIpc) is 2.47. The molecule has 1 aromatic rings. The Bertz CT molecular complexity index is 657. The first-order valence-electron chi connectivity index (χ1n) is 6.68. The van der Waals surface area contributed by atoms with Crippen LogP contribution in [-0.4, -0.2) is 64.0 Å². The molecule has 1 amide bonds. The van der Waals surface area contributed by atoms with Gasteiger partial charge in [0.15, 0.2) is 0 Å². The molecule has 1 heterocycles. The number of carbonyl (C=O) groups excluding carboxylic acids is 1. The molecule has 1 aliphatic rings. The molecule has 0 atom stereocenters. The van der Waals surface area contributed by atoms with E-state index in [0.29, 0.717) is 26.3 Å². The quantitative estimate of drug-likeness (QED) is 0.805. The number of nitrogens with one attached hydrogen (secondary N) is 1. The molecule has 1 N–H and O–H groups in total. The van der Waals surface area contributed by atoms with Crippen LogP contribution in [0.4, 0.5) is 0 Å². The Morgan fingerprint density at radius 1 is 1.32 bits per heavy atom. The second kappa shape index (κ2) is 6.93. The summed E-state index contributed by atoms with van der Waals surface area (Å²) in [4.78, 5) is 12.1. The molecule has 0 spiro atoms. The van der Waals surface area contributed by atoms with Crippen LogP contribution in [0.5, 0.6) is 0 Å². The third-order valence-electron chi connectivity index (χ3n) is 3.12. The predicted octanol–water partition coefficient (Wildman–Crippen LogP) is 0.567. The van der Waals surface area contributed by atoms with Gasteiger partial charge in [0.2, 0.25) is 10.0 Å². The van der Waals surface area contributed by atoms with Crippen LogP contribution in [0.2, 0.25) is 5.02 Å². The third kappa shape index (κ3) is 3.76. The summed E-state index contributed by atoms with van der Waals surface area (Å²) in [5.74, 6) is -0.464. The molecule has 2 rings (SSSR count). The van der Waals surface area contributed by atoms with Crippen LogP contribution in [0.25, 0.3) is 0 Å². The van der Waals surface area contributed by atoms with Gasteiger partial charge in [-0.15, -0.1) is 0 Å². The lowest BCUT2D eigenvalue weighted by Crippen LogP contribution is -2.40. The molecule has 1 aromatic carbocycles. The van der Waals surface area contributed by atoms with Gasteiger partial charge in [-0.1, -0.05) is 11.6 Å². The summed E-state index contributed by atoms with van der Waals surface area (Å²) in [6, 6.07) is 4.12. The molecule has 1 aliphatic heterocycles. The lowest BCUT2D eigenvalue weighted by Gasteiger charge is -2.26. The molecular formula is C13H18ClN3O4S. The fourth-order valence-electron chi connectivity index (χ4n) is 2.04. The van der Waals surface area contributed by atoms with Crippen molar-refractivity contribution in [1.29, 1.82) is 0 Å². The Hall–Kier alpha value is -1.19. The number of ether oxygens (including phenoxy) is 1. The lowest BCUT2D eigenvalue weighted by molar-refractivity contribution is 0.0730. The fourth-order valence-corrected chi connectivity index (χ4v) is 3.68. The Balaban J connectivity index is 2.34. The van der Waals surface area contributed by atoms with Crippen molar-refractivity contribution in [1.82, 2.24) is 14.7 Å². The molecule has 122 valence electrons. The Labute approximate surface area is 134 Å². The number of hydrogen-bond acceptors (Lipinski definition) is 5. The number of morpholine rings is 1. The Morgan fingerprint density at radius 3 is 2.55 bits per heavy atom. The first-order valence-corrected chi connectivity index (χ1v) is 8.50. The summed E-state index contributed by atoms with van der Waals surface area (Å²) in [5, 5.41) is 1.65. The minimum absolute atomic E-state index is 0.0442. The number of benzene rings is 1. The van der Waals surface area contributed by atoms with Crippen molar-refractivity contribution in [2.75, 3.05) is 40.4 Å². The predicted molar refractivity (Wildman–Crippen MR) is 82.2 cm³/mol. The van der Waals surface area contributed by atoms with E-state index in [4.69, 9.17) is 16.3 Å². The average molecular weight is 348 g/mol. The van der Waals surface area contributed by atoms with E-state index in [2.05, 4.69) is 5.43 Å².